The molecule has 1 aromatic carbocycles. The molecule has 0 spiro atoms. The Balaban J connectivity index is 1.63. The highest BCUT2D eigenvalue weighted by Crippen LogP contribution is 2.28. The van der Waals surface area contributed by atoms with Crippen molar-refractivity contribution in [3.05, 3.63) is 28.2 Å². The average molecular weight is 328 g/mol. The molecule has 1 atom stereocenters. The van der Waals surface area contributed by atoms with Crippen molar-refractivity contribution in [1.29, 1.82) is 0 Å². The number of benzene rings is 1. The summed E-state index contributed by atoms with van der Waals surface area (Å²) in [6.45, 7) is 3.06. The van der Waals surface area contributed by atoms with Crippen LogP contribution in [0.4, 0.5) is 5.69 Å². The highest BCUT2D eigenvalue weighted by atomic mass is 35.5. The first-order chi connectivity index (χ1) is 10.0. The van der Waals surface area contributed by atoms with Gasteiger partial charge in [0.05, 0.1) is 22.5 Å². The van der Waals surface area contributed by atoms with Crippen LogP contribution < -0.4 is 10.2 Å². The van der Waals surface area contributed by atoms with Gasteiger partial charge in [0.15, 0.2) is 0 Å². The number of piperazine rings is 1. The van der Waals surface area contributed by atoms with E-state index in [2.05, 4.69) is 15.1 Å². The average Bonchev–Trinajstić information content (AvgIpc) is 2.81. The highest BCUT2D eigenvalue weighted by Gasteiger charge is 2.36. The van der Waals surface area contributed by atoms with Crippen molar-refractivity contribution in [2.75, 3.05) is 31.1 Å². The van der Waals surface area contributed by atoms with Gasteiger partial charge in [0, 0.05) is 31.9 Å². The number of hydrogen-bond donors (Lipinski definition) is 1. The Bertz CT molecular complexity index is 586. The van der Waals surface area contributed by atoms with Crippen LogP contribution in [0, 0.1) is 0 Å². The Labute approximate surface area is 132 Å². The first-order valence-electron chi connectivity index (χ1n) is 6.82. The molecule has 2 aliphatic heterocycles. The van der Waals surface area contributed by atoms with Crippen molar-refractivity contribution in [3.8, 4) is 0 Å². The lowest BCUT2D eigenvalue weighted by molar-refractivity contribution is -0.126. The number of imide groups is 1. The third-order valence-corrected chi connectivity index (χ3v) is 4.71. The van der Waals surface area contributed by atoms with Crippen LogP contribution in [0.15, 0.2) is 18.2 Å². The number of anilines is 1. The van der Waals surface area contributed by atoms with Crippen LogP contribution in [0.1, 0.15) is 6.42 Å². The van der Waals surface area contributed by atoms with Crippen LogP contribution in [0.5, 0.6) is 0 Å². The highest BCUT2D eigenvalue weighted by molar-refractivity contribution is 6.42. The van der Waals surface area contributed by atoms with Crippen molar-refractivity contribution in [2.45, 2.75) is 12.5 Å². The minimum absolute atomic E-state index is 0.178. The minimum Gasteiger partial charge on any atom is -0.369 e. The van der Waals surface area contributed by atoms with E-state index in [9.17, 15) is 9.59 Å². The van der Waals surface area contributed by atoms with Gasteiger partial charge < -0.3 is 4.90 Å². The molecule has 2 amide bonds. The zero-order valence-electron chi connectivity index (χ0n) is 11.3. The van der Waals surface area contributed by atoms with E-state index >= 15 is 0 Å². The molecular formula is C14H15Cl2N3O2. The van der Waals surface area contributed by atoms with Crippen molar-refractivity contribution in [3.63, 3.8) is 0 Å². The lowest BCUT2D eigenvalue weighted by Gasteiger charge is -2.38. The number of carbonyl (C=O) groups is 2. The number of rotatable bonds is 2. The molecule has 0 radical (unpaired) electrons. The van der Waals surface area contributed by atoms with Crippen molar-refractivity contribution in [1.82, 2.24) is 10.2 Å². The zero-order valence-corrected chi connectivity index (χ0v) is 12.8. The van der Waals surface area contributed by atoms with E-state index in [0.717, 1.165) is 31.9 Å². The second-order valence-corrected chi connectivity index (χ2v) is 6.07. The molecular weight excluding hydrogens is 313 g/mol. The molecule has 0 bridgehead atoms. The first-order valence-corrected chi connectivity index (χ1v) is 7.58. The molecule has 1 aromatic rings. The van der Waals surface area contributed by atoms with Gasteiger partial charge in [0.1, 0.15) is 0 Å². The van der Waals surface area contributed by atoms with Crippen LogP contribution >= 0.6 is 23.2 Å². The lowest BCUT2D eigenvalue weighted by atomic mass is 10.1. The molecule has 2 fully saturated rings. The fraction of sp³-hybridized carbons (Fsp3) is 0.429. The third kappa shape index (κ3) is 3.00. The maximum absolute atomic E-state index is 11.7. The van der Waals surface area contributed by atoms with Crippen molar-refractivity contribution >= 4 is 40.7 Å². The van der Waals surface area contributed by atoms with E-state index in [1.165, 1.54) is 0 Å². The number of hydrogen-bond acceptors (Lipinski definition) is 4. The number of nitrogens with zero attached hydrogens (tertiary/aromatic N) is 2. The number of carbonyl (C=O) groups excluding carboxylic acids is 2. The Morgan fingerprint density at radius 2 is 1.76 bits per heavy atom. The van der Waals surface area contributed by atoms with Gasteiger partial charge in [-0.25, -0.2) is 0 Å². The molecule has 3 rings (SSSR count). The predicted octanol–water partition coefficient (Wildman–Crippen LogP) is 1.53. The standard InChI is InChI=1S/C14H15Cl2N3O2/c15-10-2-1-9(7-11(10)16)18-3-5-19(6-4-18)12-8-13(20)17-14(12)21/h1-2,7,12H,3-6,8H2,(H,17,20,21)/t12-/m0/s1. The normalized spacial score (nSPS) is 23.5. The van der Waals surface area contributed by atoms with E-state index < -0.39 is 0 Å². The molecule has 2 saturated heterocycles. The Hall–Kier alpha value is -1.30. The summed E-state index contributed by atoms with van der Waals surface area (Å²) in [6.07, 6.45) is 0.269. The van der Waals surface area contributed by atoms with Crippen molar-refractivity contribution in [2.24, 2.45) is 0 Å². The summed E-state index contributed by atoms with van der Waals surface area (Å²) in [5, 5.41) is 3.44. The molecule has 1 N–H and O–H groups in total. The summed E-state index contributed by atoms with van der Waals surface area (Å²) in [7, 11) is 0. The summed E-state index contributed by atoms with van der Waals surface area (Å²) in [4.78, 5) is 27.2. The largest absolute Gasteiger partial charge is 0.369 e. The SMILES string of the molecule is O=C1C[C@H](N2CCN(c3ccc(Cl)c(Cl)c3)CC2)C(=O)N1. The quantitative estimate of drug-likeness (QED) is 0.837. The van der Waals surface area contributed by atoms with Crippen LogP contribution in [0.25, 0.3) is 0 Å². The van der Waals surface area contributed by atoms with Gasteiger partial charge in [-0.3, -0.25) is 19.8 Å². The number of halogens is 2. The fourth-order valence-corrected chi connectivity index (χ4v) is 3.10. The van der Waals surface area contributed by atoms with Crippen LogP contribution in [0.2, 0.25) is 10.0 Å². The van der Waals surface area contributed by atoms with Crippen LogP contribution in [-0.4, -0.2) is 48.9 Å². The van der Waals surface area contributed by atoms with Crippen LogP contribution in [0.3, 0.4) is 0 Å². The molecule has 0 aliphatic carbocycles. The molecule has 7 heteroatoms. The smallest absolute Gasteiger partial charge is 0.244 e. The van der Waals surface area contributed by atoms with Gasteiger partial charge in [-0.15, -0.1) is 0 Å². The van der Waals surface area contributed by atoms with Gasteiger partial charge in [0.25, 0.3) is 0 Å². The maximum Gasteiger partial charge on any atom is 0.244 e. The van der Waals surface area contributed by atoms with Gasteiger partial charge in [-0.2, -0.15) is 0 Å². The molecule has 2 aliphatic rings. The van der Waals surface area contributed by atoms with Crippen molar-refractivity contribution < 1.29 is 9.59 Å². The Morgan fingerprint density at radius 1 is 1.05 bits per heavy atom. The lowest BCUT2D eigenvalue weighted by Crippen LogP contribution is -2.52. The predicted molar refractivity (Wildman–Crippen MR) is 81.8 cm³/mol. The Morgan fingerprint density at radius 3 is 2.33 bits per heavy atom. The minimum atomic E-state index is -0.312. The van der Waals surface area contributed by atoms with E-state index in [-0.39, 0.29) is 24.3 Å². The van der Waals surface area contributed by atoms with E-state index in [1.54, 1.807) is 6.07 Å². The molecule has 5 nitrogen and oxygen atoms in total. The molecule has 112 valence electrons. The number of amides is 2. The molecule has 0 saturated carbocycles. The van der Waals surface area contributed by atoms with E-state index in [4.69, 9.17) is 23.2 Å². The summed E-state index contributed by atoms with van der Waals surface area (Å²) in [5.74, 6) is -0.361. The summed E-state index contributed by atoms with van der Waals surface area (Å²) in [5.41, 5.74) is 1.02. The molecule has 0 aromatic heterocycles. The second-order valence-electron chi connectivity index (χ2n) is 5.25. The van der Waals surface area contributed by atoms with E-state index in [1.807, 2.05) is 12.1 Å². The van der Waals surface area contributed by atoms with Crippen LogP contribution in [-0.2, 0) is 9.59 Å². The van der Waals surface area contributed by atoms with E-state index in [0.29, 0.717) is 10.0 Å². The maximum atomic E-state index is 11.7. The van der Waals surface area contributed by atoms with Gasteiger partial charge in [-0.1, -0.05) is 23.2 Å². The summed E-state index contributed by atoms with van der Waals surface area (Å²) < 4.78 is 0. The molecule has 2 heterocycles. The second kappa shape index (κ2) is 5.83. The first kappa shape index (κ1) is 14.6. The monoisotopic (exact) mass is 327 g/mol. The van der Waals surface area contributed by atoms with Gasteiger partial charge in [-0.05, 0) is 18.2 Å². The third-order valence-electron chi connectivity index (χ3n) is 3.97. The number of nitrogens with one attached hydrogen (secondary N) is 1. The fourth-order valence-electron chi connectivity index (χ4n) is 2.81. The van der Waals surface area contributed by atoms with Gasteiger partial charge >= 0.3 is 0 Å². The zero-order chi connectivity index (χ0) is 15.0. The summed E-state index contributed by atoms with van der Waals surface area (Å²) >= 11 is 12.0. The summed E-state index contributed by atoms with van der Waals surface area (Å²) in [6, 6.07) is 5.27. The molecule has 0 unspecified atom stereocenters. The molecule has 21 heavy (non-hydrogen) atoms. The van der Waals surface area contributed by atoms with Gasteiger partial charge in [0.2, 0.25) is 11.8 Å². The Kier molecular flexibility index (Phi) is 4.06. The topological polar surface area (TPSA) is 52.7 Å².